The van der Waals surface area contributed by atoms with Gasteiger partial charge in [0.15, 0.2) is 23.5 Å². The third kappa shape index (κ3) is 3.32. The molecule has 1 saturated heterocycles. The summed E-state index contributed by atoms with van der Waals surface area (Å²) in [6.45, 7) is 6.00. The first-order valence-corrected chi connectivity index (χ1v) is 10.2. The summed E-state index contributed by atoms with van der Waals surface area (Å²) >= 11 is 1.37. The predicted octanol–water partition coefficient (Wildman–Crippen LogP) is 2.74. The van der Waals surface area contributed by atoms with Crippen molar-refractivity contribution in [2.75, 3.05) is 13.1 Å². The molecule has 0 saturated carbocycles. The fraction of sp³-hybridized carbons (Fsp3) is 0.474. The number of aromatic nitrogens is 3. The number of thiazole rings is 1. The molecule has 1 aliphatic heterocycles. The molecular weight excluding hydrogens is 370 g/mol. The SMILES string of the molecule is CCc1nc2sc([C@@H](c3ccc(F)c(F)c3)[NH+]3CCC[C@H](C)C3)c(O)n2n1. The van der Waals surface area contributed by atoms with Gasteiger partial charge in [-0.1, -0.05) is 25.2 Å². The lowest BCUT2D eigenvalue weighted by molar-refractivity contribution is -0.933. The lowest BCUT2D eigenvalue weighted by atomic mass is 9.95. The number of benzene rings is 1. The third-order valence-electron chi connectivity index (χ3n) is 5.31. The number of fused-ring (bicyclic) bond motifs is 1. The number of piperidine rings is 1. The Kier molecular flexibility index (Phi) is 4.86. The number of hydrogen-bond acceptors (Lipinski definition) is 4. The summed E-state index contributed by atoms with van der Waals surface area (Å²) in [6.07, 6.45) is 2.91. The summed E-state index contributed by atoms with van der Waals surface area (Å²) in [5.74, 6) is -0.472. The van der Waals surface area contributed by atoms with Crippen LogP contribution in [0.4, 0.5) is 8.78 Å². The van der Waals surface area contributed by atoms with Gasteiger partial charge in [0.25, 0.3) is 0 Å². The number of likely N-dealkylation sites (tertiary alicyclic amines) is 1. The Labute approximate surface area is 160 Å². The smallest absolute Gasteiger partial charge is 0.235 e. The summed E-state index contributed by atoms with van der Waals surface area (Å²) < 4.78 is 28.9. The van der Waals surface area contributed by atoms with Crippen molar-refractivity contribution in [2.24, 2.45) is 5.92 Å². The molecule has 144 valence electrons. The number of hydrogen-bond donors (Lipinski definition) is 2. The number of quaternary nitrogens is 1. The molecule has 1 fully saturated rings. The number of nitrogens with one attached hydrogen (secondary N) is 1. The zero-order valence-corrected chi connectivity index (χ0v) is 16.2. The van der Waals surface area contributed by atoms with Crippen LogP contribution in [0.15, 0.2) is 18.2 Å². The molecule has 1 unspecified atom stereocenters. The highest BCUT2D eigenvalue weighted by molar-refractivity contribution is 7.17. The van der Waals surface area contributed by atoms with Crippen LogP contribution in [0.1, 0.15) is 49.0 Å². The van der Waals surface area contributed by atoms with E-state index < -0.39 is 11.6 Å². The maximum Gasteiger partial charge on any atom is 0.235 e. The molecule has 8 heteroatoms. The molecule has 5 nitrogen and oxygen atoms in total. The van der Waals surface area contributed by atoms with Gasteiger partial charge in [0, 0.05) is 17.9 Å². The van der Waals surface area contributed by atoms with E-state index in [0.717, 1.165) is 32.0 Å². The molecular formula is C19H23F2N4OS+. The summed E-state index contributed by atoms with van der Waals surface area (Å²) in [5.41, 5.74) is 0.661. The molecule has 3 aromatic rings. The van der Waals surface area contributed by atoms with Crippen LogP contribution in [0.25, 0.3) is 4.96 Å². The van der Waals surface area contributed by atoms with Gasteiger partial charge in [0.05, 0.1) is 13.1 Å². The van der Waals surface area contributed by atoms with E-state index in [9.17, 15) is 13.9 Å². The summed E-state index contributed by atoms with van der Waals surface area (Å²) in [7, 11) is 0. The first-order valence-electron chi connectivity index (χ1n) is 9.34. The monoisotopic (exact) mass is 393 g/mol. The molecule has 0 radical (unpaired) electrons. The Balaban J connectivity index is 1.83. The number of rotatable bonds is 4. The topological polar surface area (TPSA) is 54.9 Å². The van der Waals surface area contributed by atoms with E-state index in [1.807, 2.05) is 6.92 Å². The minimum atomic E-state index is -0.867. The first kappa shape index (κ1) is 18.3. The number of halogens is 2. The van der Waals surface area contributed by atoms with Crippen molar-refractivity contribution in [3.05, 3.63) is 46.1 Å². The second-order valence-electron chi connectivity index (χ2n) is 7.33. The molecule has 3 heterocycles. The minimum Gasteiger partial charge on any atom is -0.492 e. The van der Waals surface area contributed by atoms with Gasteiger partial charge in [-0.05, 0) is 31.0 Å². The summed E-state index contributed by atoms with van der Waals surface area (Å²) in [4.78, 5) is 7.01. The zero-order valence-electron chi connectivity index (χ0n) is 15.4. The Morgan fingerprint density at radius 3 is 2.85 bits per heavy atom. The normalized spacial score (nSPS) is 21.6. The second-order valence-corrected chi connectivity index (χ2v) is 8.34. The molecule has 4 rings (SSSR count). The molecule has 0 aliphatic carbocycles. The van der Waals surface area contributed by atoms with Crippen LogP contribution in [0.2, 0.25) is 0 Å². The van der Waals surface area contributed by atoms with E-state index >= 15 is 0 Å². The maximum atomic E-state index is 14.0. The number of nitrogens with zero attached hydrogens (tertiary/aromatic N) is 3. The van der Waals surface area contributed by atoms with E-state index in [1.54, 1.807) is 6.07 Å². The largest absolute Gasteiger partial charge is 0.492 e. The van der Waals surface area contributed by atoms with Gasteiger partial charge in [-0.2, -0.15) is 4.52 Å². The lowest BCUT2D eigenvalue weighted by Crippen LogP contribution is -3.13. The van der Waals surface area contributed by atoms with Gasteiger partial charge in [-0.15, -0.1) is 5.10 Å². The van der Waals surface area contributed by atoms with Crippen LogP contribution in [-0.4, -0.2) is 32.8 Å². The third-order valence-corrected chi connectivity index (χ3v) is 6.40. The summed E-state index contributed by atoms with van der Waals surface area (Å²) in [5, 5.41) is 15.2. The standard InChI is InChI=1S/C19H22F2N4OS/c1-3-15-22-19-25(23-15)18(26)17(27-19)16(24-8-4-5-11(2)10-24)12-6-7-13(20)14(21)9-12/h6-7,9,11,16,26H,3-5,8,10H2,1-2H3/p+1/t11-,16+/m0/s1. The van der Waals surface area contributed by atoms with Crippen molar-refractivity contribution >= 4 is 16.3 Å². The van der Waals surface area contributed by atoms with E-state index in [-0.39, 0.29) is 11.9 Å². The lowest BCUT2D eigenvalue weighted by Gasteiger charge is -2.34. The molecule has 0 amide bonds. The number of aryl methyl sites for hydroxylation is 1. The highest BCUT2D eigenvalue weighted by Crippen LogP contribution is 2.35. The van der Waals surface area contributed by atoms with Crippen molar-refractivity contribution in [1.29, 1.82) is 0 Å². The van der Waals surface area contributed by atoms with Gasteiger partial charge in [-0.25, -0.2) is 13.8 Å². The fourth-order valence-corrected chi connectivity index (χ4v) is 5.14. The molecule has 27 heavy (non-hydrogen) atoms. The van der Waals surface area contributed by atoms with E-state index in [2.05, 4.69) is 17.0 Å². The minimum absolute atomic E-state index is 0.0441. The molecule has 3 atom stereocenters. The van der Waals surface area contributed by atoms with Crippen LogP contribution < -0.4 is 4.90 Å². The van der Waals surface area contributed by atoms with Crippen LogP contribution in [0.3, 0.4) is 0 Å². The average Bonchev–Trinajstić information content (AvgIpc) is 3.18. The Morgan fingerprint density at radius 2 is 2.19 bits per heavy atom. The molecule has 2 N–H and O–H groups in total. The van der Waals surface area contributed by atoms with E-state index in [1.165, 1.54) is 26.8 Å². The maximum absolute atomic E-state index is 14.0. The van der Waals surface area contributed by atoms with Crippen LogP contribution >= 0.6 is 11.3 Å². The quantitative estimate of drug-likeness (QED) is 0.717. The summed E-state index contributed by atoms with van der Waals surface area (Å²) in [6, 6.07) is 3.75. The molecule has 0 spiro atoms. The first-order chi connectivity index (χ1) is 13.0. The fourth-order valence-electron chi connectivity index (χ4n) is 3.98. The zero-order chi connectivity index (χ0) is 19.1. The average molecular weight is 393 g/mol. The highest BCUT2D eigenvalue weighted by Gasteiger charge is 2.35. The Bertz CT molecular complexity index is 970. The van der Waals surface area contributed by atoms with Crippen molar-refractivity contribution in [3.63, 3.8) is 0 Å². The van der Waals surface area contributed by atoms with Gasteiger partial charge in [0.1, 0.15) is 4.88 Å². The van der Waals surface area contributed by atoms with Crippen LogP contribution in [0, 0.1) is 17.6 Å². The van der Waals surface area contributed by atoms with Crippen molar-refractivity contribution in [1.82, 2.24) is 14.6 Å². The van der Waals surface area contributed by atoms with Gasteiger partial charge >= 0.3 is 0 Å². The van der Waals surface area contributed by atoms with Crippen LogP contribution in [-0.2, 0) is 6.42 Å². The van der Waals surface area contributed by atoms with E-state index in [4.69, 9.17) is 0 Å². The van der Waals surface area contributed by atoms with Crippen molar-refractivity contribution in [3.8, 4) is 5.88 Å². The Morgan fingerprint density at radius 1 is 1.37 bits per heavy atom. The van der Waals surface area contributed by atoms with Gasteiger partial charge < -0.3 is 10.0 Å². The van der Waals surface area contributed by atoms with E-state index in [0.29, 0.717) is 33.6 Å². The molecule has 0 bridgehead atoms. The second kappa shape index (κ2) is 7.16. The number of aromatic hydroxyl groups is 1. The molecule has 1 aromatic carbocycles. The predicted molar refractivity (Wildman–Crippen MR) is 99.2 cm³/mol. The molecule has 1 aliphatic rings. The van der Waals surface area contributed by atoms with Crippen LogP contribution in [0.5, 0.6) is 5.88 Å². The highest BCUT2D eigenvalue weighted by atomic mass is 32.1. The van der Waals surface area contributed by atoms with Crippen molar-refractivity contribution < 1.29 is 18.8 Å². The Hall–Kier alpha value is -2.06. The van der Waals surface area contributed by atoms with Gasteiger partial charge in [0.2, 0.25) is 10.8 Å². The van der Waals surface area contributed by atoms with Gasteiger partial charge in [-0.3, -0.25) is 0 Å². The van der Waals surface area contributed by atoms with Crippen molar-refractivity contribution in [2.45, 2.75) is 39.2 Å². The molecule has 2 aromatic heterocycles.